The van der Waals surface area contributed by atoms with Gasteiger partial charge in [0.15, 0.2) is 5.78 Å². The summed E-state index contributed by atoms with van der Waals surface area (Å²) in [5.41, 5.74) is 6.43. The van der Waals surface area contributed by atoms with Gasteiger partial charge in [0.2, 0.25) is 17.7 Å². The van der Waals surface area contributed by atoms with E-state index in [1.807, 2.05) is 30.3 Å². The minimum absolute atomic E-state index is 0.217. The Labute approximate surface area is 181 Å². The van der Waals surface area contributed by atoms with Gasteiger partial charge in [0, 0.05) is 6.54 Å². The van der Waals surface area contributed by atoms with Crippen molar-refractivity contribution in [1.29, 1.82) is 0 Å². The first kappa shape index (κ1) is 23.8. The first-order valence-corrected chi connectivity index (χ1v) is 10.6. The fourth-order valence-corrected chi connectivity index (χ4v) is 3.60. The van der Waals surface area contributed by atoms with Gasteiger partial charge in [-0.2, -0.15) is 0 Å². The zero-order chi connectivity index (χ0) is 22.3. The Morgan fingerprint density at radius 3 is 2.43 bits per heavy atom. The van der Waals surface area contributed by atoms with Crippen molar-refractivity contribution in [2.45, 2.75) is 57.3 Å². The van der Waals surface area contributed by atoms with Crippen molar-refractivity contribution < 1.29 is 19.2 Å². The van der Waals surface area contributed by atoms with E-state index < -0.39 is 36.0 Å². The SMILES string of the molecule is C[C@H](NC(=O)[C@@H](C)N)C(=O)N1CCC[C@H]1C(=O)NC(Cc1ccccc1)C(=O)CCl. The minimum Gasteiger partial charge on any atom is -0.344 e. The monoisotopic (exact) mass is 436 g/mol. The van der Waals surface area contributed by atoms with Gasteiger partial charge in [-0.1, -0.05) is 30.3 Å². The number of carbonyl (C=O) groups excluding carboxylic acids is 4. The summed E-state index contributed by atoms with van der Waals surface area (Å²) in [6.45, 7) is 3.49. The third-order valence-electron chi connectivity index (χ3n) is 5.10. The zero-order valence-corrected chi connectivity index (χ0v) is 18.0. The lowest BCUT2D eigenvalue weighted by molar-refractivity contribution is -0.141. The van der Waals surface area contributed by atoms with Crippen LogP contribution in [0.2, 0.25) is 0 Å². The highest BCUT2D eigenvalue weighted by Crippen LogP contribution is 2.19. The Morgan fingerprint density at radius 2 is 1.83 bits per heavy atom. The molecule has 0 saturated carbocycles. The number of Topliss-reactive ketones (excluding diaryl/α,β-unsaturated/α-hetero) is 1. The molecule has 1 aromatic rings. The number of nitrogens with zero attached hydrogens (tertiary/aromatic N) is 1. The summed E-state index contributed by atoms with van der Waals surface area (Å²) in [4.78, 5) is 51.2. The third-order valence-corrected chi connectivity index (χ3v) is 5.36. The predicted molar refractivity (Wildman–Crippen MR) is 114 cm³/mol. The Hall–Kier alpha value is -2.45. The molecule has 1 heterocycles. The Kier molecular flexibility index (Phi) is 8.80. The average Bonchev–Trinajstić information content (AvgIpc) is 3.22. The maximum Gasteiger partial charge on any atom is 0.245 e. The fourth-order valence-electron chi connectivity index (χ4n) is 3.41. The summed E-state index contributed by atoms with van der Waals surface area (Å²) < 4.78 is 0. The number of rotatable bonds is 9. The van der Waals surface area contributed by atoms with Crippen LogP contribution in [0.5, 0.6) is 0 Å². The minimum atomic E-state index is -0.804. The van der Waals surface area contributed by atoms with Gasteiger partial charge in [0.25, 0.3) is 0 Å². The topological polar surface area (TPSA) is 122 Å². The number of likely N-dealkylation sites (tertiary alicyclic amines) is 1. The number of halogens is 1. The number of hydrogen-bond acceptors (Lipinski definition) is 5. The second kappa shape index (κ2) is 11.1. The van der Waals surface area contributed by atoms with Crippen LogP contribution >= 0.6 is 11.6 Å². The van der Waals surface area contributed by atoms with Crippen LogP contribution in [0, 0.1) is 0 Å². The van der Waals surface area contributed by atoms with Gasteiger partial charge in [0.1, 0.15) is 12.1 Å². The van der Waals surface area contributed by atoms with Crippen molar-refractivity contribution in [2.75, 3.05) is 12.4 Å². The molecule has 8 nitrogen and oxygen atoms in total. The number of alkyl halides is 1. The van der Waals surface area contributed by atoms with E-state index in [0.717, 1.165) is 5.56 Å². The number of nitrogens with one attached hydrogen (secondary N) is 2. The summed E-state index contributed by atoms with van der Waals surface area (Å²) >= 11 is 5.73. The van der Waals surface area contributed by atoms with E-state index in [1.54, 1.807) is 6.92 Å². The molecule has 0 aromatic heterocycles. The first-order chi connectivity index (χ1) is 14.2. The van der Waals surface area contributed by atoms with Gasteiger partial charge in [-0.25, -0.2) is 0 Å². The lowest BCUT2D eigenvalue weighted by Gasteiger charge is -2.28. The maximum atomic E-state index is 12.9. The molecule has 1 aliphatic rings. The number of hydrogen-bond donors (Lipinski definition) is 3. The standard InChI is InChI=1S/C21H29ClN4O4/c1-13(23)19(28)24-14(2)21(30)26-10-6-9-17(26)20(29)25-16(18(27)12-22)11-15-7-4-3-5-8-15/h3-5,7-8,13-14,16-17H,6,9-12,23H2,1-2H3,(H,24,28)(H,25,29)/t13-,14+,16?,17+/m1/s1. The molecule has 0 radical (unpaired) electrons. The van der Waals surface area contributed by atoms with E-state index in [2.05, 4.69) is 10.6 Å². The van der Waals surface area contributed by atoms with E-state index in [0.29, 0.717) is 25.8 Å². The lowest BCUT2D eigenvalue weighted by Crippen LogP contribution is -2.56. The number of ketones is 1. The summed E-state index contributed by atoms with van der Waals surface area (Å²) in [6.07, 6.45) is 1.46. The quantitative estimate of drug-likeness (QED) is 0.483. The van der Waals surface area contributed by atoms with Crippen LogP contribution in [0.4, 0.5) is 0 Å². The molecule has 4 N–H and O–H groups in total. The van der Waals surface area contributed by atoms with Crippen molar-refractivity contribution in [1.82, 2.24) is 15.5 Å². The molecule has 164 valence electrons. The Balaban J connectivity index is 2.06. The molecular weight excluding hydrogens is 408 g/mol. The summed E-state index contributed by atoms with van der Waals surface area (Å²) in [7, 11) is 0. The second-order valence-corrected chi connectivity index (χ2v) is 7.83. The maximum absolute atomic E-state index is 12.9. The molecule has 0 spiro atoms. The van der Waals surface area contributed by atoms with Crippen molar-refractivity contribution in [3.8, 4) is 0 Å². The van der Waals surface area contributed by atoms with E-state index >= 15 is 0 Å². The number of carbonyl (C=O) groups is 4. The Bertz CT molecular complexity index is 772. The van der Waals surface area contributed by atoms with Gasteiger partial charge in [-0.3, -0.25) is 19.2 Å². The Morgan fingerprint density at radius 1 is 1.17 bits per heavy atom. The molecule has 1 aromatic carbocycles. The zero-order valence-electron chi connectivity index (χ0n) is 17.3. The van der Waals surface area contributed by atoms with Gasteiger partial charge in [0.05, 0.1) is 18.0 Å². The molecule has 1 unspecified atom stereocenters. The predicted octanol–water partition coefficient (Wildman–Crippen LogP) is 0.365. The number of nitrogens with two attached hydrogens (primary N) is 1. The van der Waals surface area contributed by atoms with Gasteiger partial charge in [-0.15, -0.1) is 11.6 Å². The summed E-state index contributed by atoms with van der Waals surface area (Å²) in [6, 6.07) is 6.30. The van der Waals surface area contributed by atoms with Crippen LogP contribution in [0.15, 0.2) is 30.3 Å². The third kappa shape index (κ3) is 6.27. The molecule has 2 rings (SSSR count). The van der Waals surface area contributed by atoms with Gasteiger partial charge < -0.3 is 21.3 Å². The molecular formula is C21H29ClN4O4. The van der Waals surface area contributed by atoms with Crippen LogP contribution in [0.25, 0.3) is 0 Å². The van der Waals surface area contributed by atoms with Crippen molar-refractivity contribution >= 4 is 35.1 Å². The van der Waals surface area contributed by atoms with Crippen LogP contribution in [0.1, 0.15) is 32.3 Å². The molecule has 0 bridgehead atoms. The fraction of sp³-hybridized carbons (Fsp3) is 0.524. The van der Waals surface area contributed by atoms with Gasteiger partial charge >= 0.3 is 0 Å². The molecule has 1 saturated heterocycles. The smallest absolute Gasteiger partial charge is 0.245 e. The normalized spacial score (nSPS) is 18.9. The van der Waals surface area contributed by atoms with Crippen molar-refractivity contribution in [2.24, 2.45) is 5.73 Å². The van der Waals surface area contributed by atoms with Crippen LogP contribution in [-0.4, -0.2) is 65.0 Å². The molecule has 0 aliphatic carbocycles. The van der Waals surface area contributed by atoms with Crippen LogP contribution < -0.4 is 16.4 Å². The highest BCUT2D eigenvalue weighted by molar-refractivity contribution is 6.28. The first-order valence-electron chi connectivity index (χ1n) is 10.0. The molecule has 30 heavy (non-hydrogen) atoms. The average molecular weight is 437 g/mol. The van der Waals surface area contributed by atoms with Crippen molar-refractivity contribution in [3.05, 3.63) is 35.9 Å². The second-order valence-electron chi connectivity index (χ2n) is 7.56. The van der Waals surface area contributed by atoms with E-state index in [-0.39, 0.29) is 17.6 Å². The van der Waals surface area contributed by atoms with E-state index in [9.17, 15) is 19.2 Å². The lowest BCUT2D eigenvalue weighted by atomic mass is 10.0. The summed E-state index contributed by atoms with van der Waals surface area (Å²) in [5, 5.41) is 5.32. The highest BCUT2D eigenvalue weighted by atomic mass is 35.5. The molecule has 9 heteroatoms. The number of amides is 3. The number of benzene rings is 1. The highest BCUT2D eigenvalue weighted by Gasteiger charge is 2.37. The van der Waals surface area contributed by atoms with Crippen LogP contribution in [0.3, 0.4) is 0 Å². The van der Waals surface area contributed by atoms with Crippen LogP contribution in [-0.2, 0) is 25.6 Å². The van der Waals surface area contributed by atoms with Crippen molar-refractivity contribution in [3.63, 3.8) is 0 Å². The largest absolute Gasteiger partial charge is 0.344 e. The molecule has 1 fully saturated rings. The molecule has 1 aliphatic heterocycles. The van der Waals surface area contributed by atoms with Gasteiger partial charge in [-0.05, 0) is 38.7 Å². The van der Waals surface area contributed by atoms with E-state index in [1.165, 1.54) is 11.8 Å². The molecule has 4 atom stereocenters. The summed E-state index contributed by atoms with van der Waals surface area (Å²) in [5.74, 6) is -1.70. The molecule has 3 amide bonds. The van der Waals surface area contributed by atoms with E-state index in [4.69, 9.17) is 17.3 Å².